The molecule has 5 heteroatoms. The van der Waals surface area contributed by atoms with Gasteiger partial charge >= 0.3 is 5.97 Å². The monoisotopic (exact) mass is 243 g/mol. The summed E-state index contributed by atoms with van der Waals surface area (Å²) in [6, 6.07) is -0.835. The summed E-state index contributed by atoms with van der Waals surface area (Å²) in [5.41, 5.74) is 0. The predicted molar refractivity (Wildman–Crippen MR) is 64.7 cm³/mol. The van der Waals surface area contributed by atoms with Crippen molar-refractivity contribution in [2.24, 2.45) is 0 Å². The number of carbonyl (C=O) groups is 2. The van der Waals surface area contributed by atoms with Gasteiger partial charge in [-0.1, -0.05) is 6.08 Å². The number of amides is 1. The first-order valence-corrected chi connectivity index (χ1v) is 5.67. The number of allylic oxidation sites excluding steroid dienone is 1. The molecule has 0 spiro atoms. The van der Waals surface area contributed by atoms with Crippen molar-refractivity contribution < 1.29 is 19.4 Å². The highest BCUT2D eigenvalue weighted by Crippen LogP contribution is 2.03. The van der Waals surface area contributed by atoms with Gasteiger partial charge in [0.2, 0.25) is 5.91 Å². The second-order valence-corrected chi connectivity index (χ2v) is 3.91. The smallest absolute Gasteiger partial charge is 0.326 e. The van der Waals surface area contributed by atoms with Crippen molar-refractivity contribution in [3.05, 3.63) is 12.7 Å². The summed E-state index contributed by atoms with van der Waals surface area (Å²) in [4.78, 5) is 22.3. The molecule has 2 unspecified atom stereocenters. The molecule has 17 heavy (non-hydrogen) atoms. The summed E-state index contributed by atoms with van der Waals surface area (Å²) in [6.45, 7) is 5.38. The molecule has 0 aliphatic rings. The number of hydrogen-bond acceptors (Lipinski definition) is 3. The predicted octanol–water partition coefficient (Wildman–Crippen LogP) is 1.34. The van der Waals surface area contributed by atoms with E-state index < -0.39 is 12.0 Å². The van der Waals surface area contributed by atoms with Crippen LogP contribution in [0.1, 0.15) is 32.6 Å². The van der Waals surface area contributed by atoms with Gasteiger partial charge in [0.05, 0.1) is 6.10 Å². The van der Waals surface area contributed by atoms with Gasteiger partial charge in [-0.3, -0.25) is 4.79 Å². The molecule has 0 aromatic heterocycles. The molecule has 0 aliphatic heterocycles. The molecule has 0 aliphatic carbocycles. The number of nitrogens with one attached hydrogen (secondary N) is 1. The molecule has 2 atom stereocenters. The van der Waals surface area contributed by atoms with E-state index in [2.05, 4.69) is 11.9 Å². The number of carboxylic acids is 1. The average Bonchev–Trinajstić information content (AvgIpc) is 2.30. The standard InChI is InChI=1S/C12H21NO4/c1-4-5-6-10(12(15)16)13-11(14)8-7-9(2)17-3/h4,9-10H,1,5-8H2,2-3H3,(H,13,14)(H,15,16). The molecule has 5 nitrogen and oxygen atoms in total. The zero-order chi connectivity index (χ0) is 13.3. The molecule has 0 fully saturated rings. The molecule has 0 saturated carbocycles. The summed E-state index contributed by atoms with van der Waals surface area (Å²) < 4.78 is 5.01. The highest BCUT2D eigenvalue weighted by molar-refractivity contribution is 5.83. The van der Waals surface area contributed by atoms with Crippen LogP contribution in [0.15, 0.2) is 12.7 Å². The Labute approximate surface area is 102 Å². The zero-order valence-electron chi connectivity index (χ0n) is 10.4. The fourth-order valence-corrected chi connectivity index (χ4v) is 1.26. The van der Waals surface area contributed by atoms with Crippen LogP contribution in [0.5, 0.6) is 0 Å². The van der Waals surface area contributed by atoms with Crippen molar-refractivity contribution in [2.75, 3.05) is 7.11 Å². The van der Waals surface area contributed by atoms with Crippen molar-refractivity contribution in [3.63, 3.8) is 0 Å². The van der Waals surface area contributed by atoms with Crippen LogP contribution in [0, 0.1) is 0 Å². The third kappa shape index (κ3) is 7.52. The second-order valence-electron chi connectivity index (χ2n) is 3.91. The van der Waals surface area contributed by atoms with Crippen LogP contribution < -0.4 is 5.32 Å². The summed E-state index contributed by atoms with van der Waals surface area (Å²) >= 11 is 0. The SMILES string of the molecule is C=CCCC(NC(=O)CCC(C)OC)C(=O)O. The molecular weight excluding hydrogens is 222 g/mol. The van der Waals surface area contributed by atoms with Gasteiger partial charge in [-0.15, -0.1) is 6.58 Å². The van der Waals surface area contributed by atoms with E-state index in [0.29, 0.717) is 19.3 Å². The van der Waals surface area contributed by atoms with E-state index >= 15 is 0 Å². The number of carboxylic acid groups (broad SMARTS) is 1. The third-order valence-electron chi connectivity index (χ3n) is 2.47. The van der Waals surface area contributed by atoms with E-state index in [9.17, 15) is 9.59 Å². The van der Waals surface area contributed by atoms with Crippen molar-refractivity contribution >= 4 is 11.9 Å². The Morgan fingerprint density at radius 3 is 2.59 bits per heavy atom. The number of carbonyl (C=O) groups excluding carboxylic acids is 1. The largest absolute Gasteiger partial charge is 0.480 e. The van der Waals surface area contributed by atoms with Crippen molar-refractivity contribution in [2.45, 2.75) is 44.8 Å². The Morgan fingerprint density at radius 2 is 2.12 bits per heavy atom. The molecular formula is C12H21NO4. The van der Waals surface area contributed by atoms with Gasteiger partial charge < -0.3 is 15.2 Å². The summed E-state index contributed by atoms with van der Waals surface area (Å²) in [5, 5.41) is 11.4. The number of aliphatic carboxylic acids is 1. The number of hydrogen-bond donors (Lipinski definition) is 2. The highest BCUT2D eigenvalue weighted by atomic mass is 16.5. The molecule has 1 amide bonds. The van der Waals surface area contributed by atoms with Gasteiger partial charge in [-0.05, 0) is 26.2 Å². The Kier molecular flexibility index (Phi) is 8.05. The minimum absolute atomic E-state index is 0.00259. The fraction of sp³-hybridized carbons (Fsp3) is 0.667. The molecule has 0 heterocycles. The lowest BCUT2D eigenvalue weighted by Crippen LogP contribution is -2.40. The molecule has 98 valence electrons. The summed E-state index contributed by atoms with van der Waals surface area (Å²) in [6.07, 6.45) is 3.41. The van der Waals surface area contributed by atoms with Crippen molar-refractivity contribution in [1.29, 1.82) is 0 Å². The van der Waals surface area contributed by atoms with Gasteiger partial charge in [0.25, 0.3) is 0 Å². The number of methoxy groups -OCH3 is 1. The summed E-state index contributed by atoms with van der Waals surface area (Å²) in [5.74, 6) is -1.27. The van der Waals surface area contributed by atoms with Crippen LogP contribution in [0.3, 0.4) is 0 Å². The quantitative estimate of drug-likeness (QED) is 0.599. The van der Waals surface area contributed by atoms with Crippen LogP contribution in [0.2, 0.25) is 0 Å². The zero-order valence-corrected chi connectivity index (χ0v) is 10.4. The van der Waals surface area contributed by atoms with Crippen LogP contribution >= 0.6 is 0 Å². The maximum absolute atomic E-state index is 11.5. The maximum atomic E-state index is 11.5. The first kappa shape index (κ1) is 15.6. The maximum Gasteiger partial charge on any atom is 0.326 e. The van der Waals surface area contributed by atoms with Crippen LogP contribution in [-0.2, 0) is 14.3 Å². The normalized spacial score (nSPS) is 13.8. The number of rotatable bonds is 9. The lowest BCUT2D eigenvalue weighted by Gasteiger charge is -2.14. The molecule has 0 bridgehead atoms. The number of ether oxygens (including phenoxy) is 1. The Balaban J connectivity index is 4.03. The Morgan fingerprint density at radius 1 is 1.47 bits per heavy atom. The van der Waals surface area contributed by atoms with Gasteiger partial charge in [-0.2, -0.15) is 0 Å². The van der Waals surface area contributed by atoms with E-state index in [1.807, 2.05) is 6.92 Å². The Hall–Kier alpha value is -1.36. The molecule has 2 N–H and O–H groups in total. The minimum atomic E-state index is -1.01. The molecule has 0 radical (unpaired) electrons. The minimum Gasteiger partial charge on any atom is -0.480 e. The van der Waals surface area contributed by atoms with Crippen molar-refractivity contribution in [1.82, 2.24) is 5.32 Å². The van der Waals surface area contributed by atoms with Gasteiger partial charge in [0.1, 0.15) is 6.04 Å². The van der Waals surface area contributed by atoms with E-state index in [1.54, 1.807) is 13.2 Å². The summed E-state index contributed by atoms with van der Waals surface area (Å²) in [7, 11) is 1.58. The molecule has 0 rings (SSSR count). The topological polar surface area (TPSA) is 75.6 Å². The lowest BCUT2D eigenvalue weighted by molar-refractivity contribution is -0.142. The van der Waals surface area contributed by atoms with Gasteiger partial charge in [-0.25, -0.2) is 4.79 Å². The molecule has 0 aromatic rings. The van der Waals surface area contributed by atoms with E-state index in [1.165, 1.54) is 0 Å². The van der Waals surface area contributed by atoms with Gasteiger partial charge in [0.15, 0.2) is 0 Å². The van der Waals surface area contributed by atoms with E-state index in [0.717, 1.165) is 0 Å². The first-order valence-electron chi connectivity index (χ1n) is 5.67. The van der Waals surface area contributed by atoms with E-state index in [-0.39, 0.29) is 18.4 Å². The average molecular weight is 243 g/mol. The molecule has 0 aromatic carbocycles. The van der Waals surface area contributed by atoms with Crippen LogP contribution in [0.4, 0.5) is 0 Å². The van der Waals surface area contributed by atoms with Crippen LogP contribution in [0.25, 0.3) is 0 Å². The Bertz CT molecular complexity index is 265. The third-order valence-corrected chi connectivity index (χ3v) is 2.47. The van der Waals surface area contributed by atoms with E-state index in [4.69, 9.17) is 9.84 Å². The second kappa shape index (κ2) is 8.75. The lowest BCUT2D eigenvalue weighted by atomic mass is 10.1. The highest BCUT2D eigenvalue weighted by Gasteiger charge is 2.18. The first-order chi connectivity index (χ1) is 8.01. The molecule has 0 saturated heterocycles. The van der Waals surface area contributed by atoms with Crippen LogP contribution in [-0.4, -0.2) is 36.2 Å². The van der Waals surface area contributed by atoms with Gasteiger partial charge in [0, 0.05) is 13.5 Å². The van der Waals surface area contributed by atoms with Crippen molar-refractivity contribution in [3.8, 4) is 0 Å². The fourth-order valence-electron chi connectivity index (χ4n) is 1.26.